The largest absolute Gasteiger partial charge is 0.515 e. The van der Waals surface area contributed by atoms with Crippen LogP contribution in [0.3, 0.4) is 0 Å². The Labute approximate surface area is 78.0 Å². The van der Waals surface area contributed by atoms with E-state index in [1.165, 1.54) is 0 Å². The van der Waals surface area contributed by atoms with Crippen LogP contribution in [-0.2, 0) is 19.5 Å². The molecule has 0 unspecified atom stereocenters. The van der Waals surface area contributed by atoms with Crippen molar-refractivity contribution in [2.45, 2.75) is 6.92 Å². The second kappa shape index (κ2) is 4.25. The normalized spacial score (nSPS) is 8.45. The Hall–Kier alpha value is -0.687. The zero-order valence-corrected chi connectivity index (χ0v) is 9.38. The standard InChI is InChI=1S/C8H8O2.Zn/c1-6-2-4-7(5-3-6)8(9)10;/h2-5H,1H3,(H,9,10);/p+1. The molecule has 0 bridgehead atoms. The average molecular weight is 203 g/mol. The van der Waals surface area contributed by atoms with E-state index in [-0.39, 0.29) is 19.5 Å². The number of aliphatic hydroxyl groups excluding tert-OH is 1. The minimum atomic E-state index is -0.625. The van der Waals surface area contributed by atoms with Crippen molar-refractivity contribution in [1.29, 1.82) is 0 Å². The molecule has 0 radical (unpaired) electrons. The van der Waals surface area contributed by atoms with Gasteiger partial charge in [-0.3, -0.25) is 0 Å². The quantitative estimate of drug-likeness (QED) is 0.543. The predicted molar refractivity (Wildman–Crippen MR) is 39.9 cm³/mol. The summed E-state index contributed by atoms with van der Waals surface area (Å²) in [5, 5.41) is 8.59. The summed E-state index contributed by atoms with van der Waals surface area (Å²) in [7, 11) is 0. The maximum Gasteiger partial charge on any atom is 0.515 e. The number of carboxylic acid groups (broad SMARTS) is 1. The van der Waals surface area contributed by atoms with Crippen molar-refractivity contribution in [3.05, 3.63) is 35.4 Å². The van der Waals surface area contributed by atoms with Gasteiger partial charge in [0.15, 0.2) is 0 Å². The van der Waals surface area contributed by atoms with Crippen molar-refractivity contribution in [1.82, 2.24) is 0 Å². The first kappa shape index (κ1) is 10.3. The van der Waals surface area contributed by atoms with Gasteiger partial charge in [0.25, 0.3) is 0 Å². The maximum atomic E-state index is 8.59. The van der Waals surface area contributed by atoms with Crippen LogP contribution in [0.2, 0.25) is 0 Å². The van der Waals surface area contributed by atoms with Crippen LogP contribution in [0.15, 0.2) is 24.3 Å². The molecule has 3 heteroatoms. The van der Waals surface area contributed by atoms with Crippen LogP contribution in [0.5, 0.6) is 0 Å². The number of aromatic carboxylic acids is 1. The van der Waals surface area contributed by atoms with Gasteiger partial charge in [0.05, 0.1) is 0 Å². The number of hydrogen-bond acceptors (Lipinski definition) is 0. The van der Waals surface area contributed by atoms with Crippen LogP contribution in [0, 0.1) is 6.92 Å². The number of rotatable bonds is 1. The molecular formula is C8H9O2Zn+. The van der Waals surface area contributed by atoms with Crippen LogP contribution in [0.4, 0.5) is 0 Å². The fourth-order valence-corrected chi connectivity index (χ4v) is 0.703. The Morgan fingerprint density at radius 1 is 1.27 bits per heavy atom. The molecular weight excluding hydrogens is 193 g/mol. The molecule has 1 aromatic rings. The molecule has 0 aromatic heterocycles. The minimum Gasteiger partial charge on any atom is -0.335 e. The van der Waals surface area contributed by atoms with E-state index in [2.05, 4.69) is 0 Å². The zero-order valence-electron chi connectivity index (χ0n) is 6.41. The van der Waals surface area contributed by atoms with Crippen LogP contribution in [-0.4, -0.2) is 15.9 Å². The van der Waals surface area contributed by atoms with Crippen molar-refractivity contribution in [3.8, 4) is 0 Å². The Morgan fingerprint density at radius 2 is 1.73 bits per heavy atom. The molecule has 1 rings (SSSR count). The SMILES string of the molecule is Cc1ccc(C(O)=[OH+])cc1.[Zn]. The van der Waals surface area contributed by atoms with Gasteiger partial charge < -0.3 is 9.90 Å². The van der Waals surface area contributed by atoms with Gasteiger partial charge in [-0.25, -0.2) is 0 Å². The van der Waals surface area contributed by atoms with Crippen molar-refractivity contribution >= 4 is 5.97 Å². The Bertz CT molecular complexity index is 241. The third-order valence-corrected chi connectivity index (χ3v) is 1.31. The summed E-state index contributed by atoms with van der Waals surface area (Å²) in [6, 6.07) is 6.96. The van der Waals surface area contributed by atoms with E-state index in [1.807, 2.05) is 19.1 Å². The first-order valence-electron chi connectivity index (χ1n) is 3.02. The van der Waals surface area contributed by atoms with Crippen LogP contribution in [0.1, 0.15) is 11.1 Å². The monoisotopic (exact) mass is 201 g/mol. The summed E-state index contributed by atoms with van der Waals surface area (Å²) in [5.41, 5.74) is 1.55. The Morgan fingerprint density at radius 3 is 2.09 bits per heavy atom. The first-order valence-corrected chi connectivity index (χ1v) is 3.02. The number of benzene rings is 1. The molecule has 11 heavy (non-hydrogen) atoms. The first-order chi connectivity index (χ1) is 4.70. The van der Waals surface area contributed by atoms with Crippen LogP contribution in [0.25, 0.3) is 0 Å². The molecule has 0 fully saturated rings. The summed E-state index contributed by atoms with van der Waals surface area (Å²) >= 11 is 0. The number of aryl methyl sites for hydroxylation is 1. The third-order valence-electron chi connectivity index (χ3n) is 1.31. The van der Waals surface area contributed by atoms with Gasteiger partial charge in [0.1, 0.15) is 5.56 Å². The molecule has 0 aliphatic rings. The van der Waals surface area contributed by atoms with Crippen LogP contribution >= 0.6 is 0 Å². The minimum absolute atomic E-state index is 0. The fraction of sp³-hybridized carbons (Fsp3) is 0.125. The van der Waals surface area contributed by atoms with Gasteiger partial charge in [-0.2, -0.15) is 0 Å². The van der Waals surface area contributed by atoms with Gasteiger partial charge in [-0.15, -0.1) is 0 Å². The summed E-state index contributed by atoms with van der Waals surface area (Å²) in [6.45, 7) is 1.94. The number of hydrogen-bond donors (Lipinski definition) is 1. The van der Waals surface area contributed by atoms with E-state index in [0.29, 0.717) is 5.56 Å². The van der Waals surface area contributed by atoms with Crippen molar-refractivity contribution in [3.63, 3.8) is 0 Å². The molecule has 0 saturated heterocycles. The predicted octanol–water partition coefficient (Wildman–Crippen LogP) is 1.40. The summed E-state index contributed by atoms with van der Waals surface area (Å²) in [4.78, 5) is 8.59. The Kier molecular flexibility index (Phi) is 3.98. The van der Waals surface area contributed by atoms with Crippen molar-refractivity contribution in [2.75, 3.05) is 0 Å². The van der Waals surface area contributed by atoms with Crippen molar-refractivity contribution in [2.24, 2.45) is 0 Å². The number of carboxylic acids is 1. The van der Waals surface area contributed by atoms with E-state index >= 15 is 0 Å². The smallest absolute Gasteiger partial charge is 0.335 e. The van der Waals surface area contributed by atoms with Gasteiger partial charge >= 0.3 is 5.97 Å². The van der Waals surface area contributed by atoms with E-state index in [1.54, 1.807) is 12.1 Å². The molecule has 1 aromatic carbocycles. The van der Waals surface area contributed by atoms with Gasteiger partial charge in [0.2, 0.25) is 0 Å². The molecule has 54 valence electrons. The molecule has 0 amide bonds. The third kappa shape index (κ3) is 2.81. The maximum absolute atomic E-state index is 8.59. The fourth-order valence-electron chi connectivity index (χ4n) is 0.703. The molecule has 0 atom stereocenters. The van der Waals surface area contributed by atoms with E-state index in [9.17, 15) is 0 Å². The Balaban J connectivity index is 0.000001000. The van der Waals surface area contributed by atoms with E-state index in [4.69, 9.17) is 9.90 Å². The van der Waals surface area contributed by atoms with E-state index in [0.717, 1.165) is 5.56 Å². The summed E-state index contributed by atoms with van der Waals surface area (Å²) < 4.78 is 0. The second-order valence-electron chi connectivity index (χ2n) is 2.19. The van der Waals surface area contributed by atoms with Gasteiger partial charge in [-0.05, 0) is 19.1 Å². The van der Waals surface area contributed by atoms with Gasteiger partial charge in [0, 0.05) is 19.5 Å². The molecule has 0 aliphatic carbocycles. The second-order valence-corrected chi connectivity index (χ2v) is 2.19. The average Bonchev–Trinajstić information content (AvgIpc) is 1.88. The molecule has 0 aliphatic heterocycles. The molecule has 0 spiro atoms. The molecule has 2 nitrogen and oxygen atoms in total. The summed E-state index contributed by atoms with van der Waals surface area (Å²) in [6.07, 6.45) is 0. The van der Waals surface area contributed by atoms with Crippen LogP contribution < -0.4 is 0 Å². The van der Waals surface area contributed by atoms with E-state index < -0.39 is 5.97 Å². The molecule has 0 heterocycles. The van der Waals surface area contributed by atoms with Crippen molar-refractivity contribution < 1.29 is 29.4 Å². The van der Waals surface area contributed by atoms with Gasteiger partial charge in [-0.1, -0.05) is 17.7 Å². The topological polar surface area (TPSA) is 41.6 Å². The summed E-state index contributed by atoms with van der Waals surface area (Å²) in [5.74, 6) is -0.625. The molecule has 2 N–H and O–H groups in total. The molecule has 0 saturated carbocycles. The zero-order chi connectivity index (χ0) is 7.56.